The molecular formula is C13H17FN2O3. The van der Waals surface area contributed by atoms with Crippen LogP contribution in [0.25, 0.3) is 0 Å². The van der Waals surface area contributed by atoms with E-state index in [4.69, 9.17) is 10.8 Å². The van der Waals surface area contributed by atoms with E-state index < -0.39 is 17.9 Å². The SMILES string of the molecule is Cc1ccc(CNC(=O)C(N)CCC(=O)O)cc1F. The van der Waals surface area contributed by atoms with Crippen LogP contribution in [-0.4, -0.2) is 23.0 Å². The molecule has 0 heterocycles. The van der Waals surface area contributed by atoms with Crippen LogP contribution in [0.3, 0.4) is 0 Å². The van der Waals surface area contributed by atoms with Gasteiger partial charge in [0.1, 0.15) is 5.82 Å². The van der Waals surface area contributed by atoms with Gasteiger partial charge in [0.25, 0.3) is 0 Å². The molecular weight excluding hydrogens is 251 g/mol. The van der Waals surface area contributed by atoms with Crippen LogP contribution in [-0.2, 0) is 16.1 Å². The fourth-order valence-electron chi connectivity index (χ4n) is 1.48. The van der Waals surface area contributed by atoms with Crippen molar-refractivity contribution in [2.75, 3.05) is 0 Å². The van der Waals surface area contributed by atoms with E-state index in [-0.39, 0.29) is 25.2 Å². The number of hydrogen-bond donors (Lipinski definition) is 3. The molecule has 6 heteroatoms. The second kappa shape index (κ2) is 6.84. The predicted octanol–water partition coefficient (Wildman–Crippen LogP) is 0.942. The van der Waals surface area contributed by atoms with Crippen LogP contribution in [0.4, 0.5) is 4.39 Å². The maximum Gasteiger partial charge on any atom is 0.303 e. The molecule has 1 atom stereocenters. The number of aliphatic carboxylic acids is 1. The van der Waals surface area contributed by atoms with Crippen molar-refractivity contribution in [3.05, 3.63) is 35.1 Å². The maximum atomic E-state index is 13.3. The zero-order valence-corrected chi connectivity index (χ0v) is 10.6. The fraction of sp³-hybridized carbons (Fsp3) is 0.385. The van der Waals surface area contributed by atoms with E-state index in [1.54, 1.807) is 19.1 Å². The summed E-state index contributed by atoms with van der Waals surface area (Å²) in [6.07, 6.45) is -0.0861. The van der Waals surface area contributed by atoms with Gasteiger partial charge in [-0.1, -0.05) is 12.1 Å². The predicted molar refractivity (Wildman–Crippen MR) is 67.8 cm³/mol. The highest BCUT2D eigenvalue weighted by Gasteiger charge is 2.14. The molecule has 1 aromatic carbocycles. The highest BCUT2D eigenvalue weighted by molar-refractivity contribution is 5.82. The van der Waals surface area contributed by atoms with E-state index in [0.29, 0.717) is 11.1 Å². The molecule has 1 amide bonds. The molecule has 4 N–H and O–H groups in total. The van der Waals surface area contributed by atoms with Gasteiger partial charge in [-0.05, 0) is 30.5 Å². The first-order valence-corrected chi connectivity index (χ1v) is 5.90. The fourth-order valence-corrected chi connectivity index (χ4v) is 1.48. The summed E-state index contributed by atoms with van der Waals surface area (Å²) in [5.74, 6) is -1.77. The largest absolute Gasteiger partial charge is 0.481 e. The Morgan fingerprint density at radius 3 is 2.74 bits per heavy atom. The summed E-state index contributed by atoms with van der Waals surface area (Å²) in [7, 11) is 0. The minimum Gasteiger partial charge on any atom is -0.481 e. The van der Waals surface area contributed by atoms with Crippen molar-refractivity contribution in [2.24, 2.45) is 5.73 Å². The standard InChI is InChI=1S/C13H17FN2O3/c1-8-2-3-9(6-10(8)14)7-16-13(19)11(15)4-5-12(17)18/h2-3,6,11H,4-5,7,15H2,1H3,(H,16,19)(H,17,18). The van der Waals surface area contributed by atoms with Crippen molar-refractivity contribution in [1.82, 2.24) is 5.32 Å². The Kier molecular flexibility index (Phi) is 5.44. The molecule has 0 aliphatic rings. The second-order valence-corrected chi connectivity index (χ2v) is 4.34. The number of hydrogen-bond acceptors (Lipinski definition) is 3. The van der Waals surface area contributed by atoms with Crippen molar-refractivity contribution in [1.29, 1.82) is 0 Å². The molecule has 0 saturated carbocycles. The summed E-state index contributed by atoms with van der Waals surface area (Å²) in [5.41, 5.74) is 6.70. The molecule has 1 unspecified atom stereocenters. The van der Waals surface area contributed by atoms with Gasteiger partial charge in [-0.2, -0.15) is 0 Å². The number of carbonyl (C=O) groups excluding carboxylic acids is 1. The van der Waals surface area contributed by atoms with Crippen molar-refractivity contribution in [2.45, 2.75) is 32.4 Å². The first-order chi connectivity index (χ1) is 8.90. The van der Waals surface area contributed by atoms with Crippen LogP contribution in [0.5, 0.6) is 0 Å². The average molecular weight is 268 g/mol. The molecule has 0 fully saturated rings. The number of amides is 1. The quantitative estimate of drug-likeness (QED) is 0.716. The number of carboxylic acids is 1. The van der Waals surface area contributed by atoms with Crippen LogP contribution in [0.15, 0.2) is 18.2 Å². The van der Waals surface area contributed by atoms with Crippen molar-refractivity contribution >= 4 is 11.9 Å². The van der Waals surface area contributed by atoms with Gasteiger partial charge in [-0.25, -0.2) is 4.39 Å². The molecule has 0 aliphatic carbocycles. The molecule has 104 valence electrons. The lowest BCUT2D eigenvalue weighted by molar-refractivity contribution is -0.137. The number of nitrogens with one attached hydrogen (secondary N) is 1. The summed E-state index contributed by atoms with van der Waals surface area (Å²) in [5, 5.41) is 11.0. The second-order valence-electron chi connectivity index (χ2n) is 4.34. The number of benzene rings is 1. The lowest BCUT2D eigenvalue weighted by atomic mass is 10.1. The highest BCUT2D eigenvalue weighted by atomic mass is 19.1. The van der Waals surface area contributed by atoms with Crippen LogP contribution in [0.2, 0.25) is 0 Å². The van der Waals surface area contributed by atoms with Crippen LogP contribution in [0, 0.1) is 12.7 Å². The van der Waals surface area contributed by atoms with Gasteiger partial charge in [0, 0.05) is 13.0 Å². The van der Waals surface area contributed by atoms with Crippen molar-refractivity contribution in [3.63, 3.8) is 0 Å². The molecule has 0 spiro atoms. The van der Waals surface area contributed by atoms with Gasteiger partial charge in [-0.3, -0.25) is 9.59 Å². The third kappa shape index (κ3) is 5.05. The Labute approximate surface area is 110 Å². The molecule has 1 rings (SSSR count). The molecule has 0 aliphatic heterocycles. The Balaban J connectivity index is 2.44. The Bertz CT molecular complexity index is 477. The molecule has 0 bridgehead atoms. The lowest BCUT2D eigenvalue weighted by Gasteiger charge is -2.11. The van der Waals surface area contributed by atoms with E-state index in [9.17, 15) is 14.0 Å². The molecule has 0 aromatic heterocycles. The normalized spacial score (nSPS) is 11.9. The summed E-state index contributed by atoms with van der Waals surface area (Å²) < 4.78 is 13.3. The Morgan fingerprint density at radius 1 is 1.47 bits per heavy atom. The van der Waals surface area contributed by atoms with Crippen molar-refractivity contribution in [3.8, 4) is 0 Å². The molecule has 1 aromatic rings. The van der Waals surface area contributed by atoms with E-state index >= 15 is 0 Å². The molecule has 5 nitrogen and oxygen atoms in total. The maximum absolute atomic E-state index is 13.3. The summed E-state index contributed by atoms with van der Waals surface area (Å²) in [4.78, 5) is 21.9. The van der Waals surface area contributed by atoms with E-state index in [2.05, 4.69) is 5.32 Å². The third-order valence-corrected chi connectivity index (χ3v) is 2.71. The minimum absolute atomic E-state index is 0.0728. The van der Waals surface area contributed by atoms with Crippen molar-refractivity contribution < 1.29 is 19.1 Å². The van der Waals surface area contributed by atoms with E-state index in [1.165, 1.54) is 6.07 Å². The zero-order valence-electron chi connectivity index (χ0n) is 10.6. The Morgan fingerprint density at radius 2 is 2.16 bits per heavy atom. The Hall–Kier alpha value is -1.95. The summed E-state index contributed by atoms with van der Waals surface area (Å²) in [6.45, 7) is 1.82. The van der Waals surface area contributed by atoms with Gasteiger partial charge >= 0.3 is 5.97 Å². The summed E-state index contributed by atoms with van der Waals surface area (Å²) >= 11 is 0. The number of rotatable bonds is 6. The minimum atomic E-state index is -0.996. The van der Waals surface area contributed by atoms with Gasteiger partial charge in [0.2, 0.25) is 5.91 Å². The number of nitrogens with two attached hydrogens (primary N) is 1. The number of carbonyl (C=O) groups is 2. The van der Waals surface area contributed by atoms with E-state index in [1.807, 2.05) is 0 Å². The zero-order chi connectivity index (χ0) is 14.4. The summed E-state index contributed by atoms with van der Waals surface area (Å²) in [6, 6.07) is 3.81. The highest BCUT2D eigenvalue weighted by Crippen LogP contribution is 2.09. The monoisotopic (exact) mass is 268 g/mol. The number of aryl methyl sites for hydroxylation is 1. The number of halogens is 1. The molecule has 19 heavy (non-hydrogen) atoms. The van der Waals surface area contributed by atoms with Crippen LogP contribution in [0.1, 0.15) is 24.0 Å². The van der Waals surface area contributed by atoms with Crippen LogP contribution >= 0.6 is 0 Å². The van der Waals surface area contributed by atoms with Crippen LogP contribution < -0.4 is 11.1 Å². The average Bonchev–Trinajstić information content (AvgIpc) is 2.36. The first kappa shape index (κ1) is 15.1. The molecule has 0 saturated heterocycles. The van der Waals surface area contributed by atoms with E-state index in [0.717, 1.165) is 0 Å². The topological polar surface area (TPSA) is 92.4 Å². The smallest absolute Gasteiger partial charge is 0.303 e. The van der Waals surface area contributed by atoms with Gasteiger partial charge in [-0.15, -0.1) is 0 Å². The lowest BCUT2D eigenvalue weighted by Crippen LogP contribution is -2.40. The number of carboxylic acid groups (broad SMARTS) is 1. The first-order valence-electron chi connectivity index (χ1n) is 5.90. The van der Waals surface area contributed by atoms with Gasteiger partial charge in [0.05, 0.1) is 6.04 Å². The van der Waals surface area contributed by atoms with Gasteiger partial charge in [0.15, 0.2) is 0 Å². The molecule has 0 radical (unpaired) electrons. The third-order valence-electron chi connectivity index (χ3n) is 2.71. The van der Waals surface area contributed by atoms with Gasteiger partial charge < -0.3 is 16.2 Å².